The predicted octanol–water partition coefficient (Wildman–Crippen LogP) is 3.49. The first kappa shape index (κ1) is 25.2. The van der Waals surface area contributed by atoms with Crippen LogP contribution in [0.3, 0.4) is 0 Å². The van der Waals surface area contributed by atoms with Crippen molar-refractivity contribution in [2.45, 2.75) is 13.0 Å². The Hall–Kier alpha value is -3.89. The number of allylic oxidation sites excluding steroid dienone is 1. The molecule has 1 aromatic heterocycles. The largest absolute Gasteiger partial charge is 0.496 e. The van der Waals surface area contributed by atoms with E-state index in [4.69, 9.17) is 4.74 Å². The highest BCUT2D eigenvalue weighted by Gasteiger charge is 2.24. The maximum atomic E-state index is 14.9. The highest BCUT2D eigenvalue weighted by molar-refractivity contribution is 6.05. The zero-order chi connectivity index (χ0) is 25.8. The summed E-state index contributed by atoms with van der Waals surface area (Å²) < 4.78 is 34.6. The number of carbonyl (C=O) groups excluding carboxylic acids is 1. The van der Waals surface area contributed by atoms with Gasteiger partial charge in [0.1, 0.15) is 23.1 Å². The highest BCUT2D eigenvalue weighted by atomic mass is 19.1. The fourth-order valence-corrected chi connectivity index (χ4v) is 4.10. The molecule has 2 aromatic carbocycles. The van der Waals surface area contributed by atoms with E-state index >= 15 is 0 Å². The van der Waals surface area contributed by atoms with Crippen LogP contribution in [0.25, 0.3) is 17.0 Å². The molecule has 1 fully saturated rings. The Morgan fingerprint density at radius 1 is 1.31 bits per heavy atom. The maximum Gasteiger partial charge on any atom is 0.274 e. The standard InChI is InChI=1S/C26H27F2N5O3/c1-15(2)17-11-22(33-10-9-29-16(13-33)14-34)21(12-19(17)28)32-26(35)20-7-8-30-25(31-20)24-18(27)5-4-6-23(24)36-3/h4-8,11-12,16,29,34H,1,9-10,13-14H2,2-3H3,(H,32,35)/t16-/m0/s1. The van der Waals surface area contributed by atoms with Crippen LogP contribution in [0, 0.1) is 11.6 Å². The number of ether oxygens (including phenoxy) is 1. The van der Waals surface area contributed by atoms with Crippen LogP contribution in [-0.2, 0) is 0 Å². The van der Waals surface area contributed by atoms with Gasteiger partial charge < -0.3 is 25.4 Å². The summed E-state index contributed by atoms with van der Waals surface area (Å²) in [5.74, 6) is -1.54. The van der Waals surface area contributed by atoms with Crippen LogP contribution in [0.4, 0.5) is 20.2 Å². The lowest BCUT2D eigenvalue weighted by molar-refractivity contribution is 0.102. The molecule has 0 unspecified atom stereocenters. The smallest absolute Gasteiger partial charge is 0.274 e. The summed E-state index contributed by atoms with van der Waals surface area (Å²) in [7, 11) is 1.40. The molecule has 0 radical (unpaired) electrons. The minimum atomic E-state index is -0.619. The molecular formula is C26H27F2N5O3. The van der Waals surface area contributed by atoms with Crippen molar-refractivity contribution >= 4 is 22.9 Å². The average Bonchev–Trinajstić information content (AvgIpc) is 2.88. The van der Waals surface area contributed by atoms with Crippen molar-refractivity contribution in [1.29, 1.82) is 0 Å². The Labute approximate surface area is 207 Å². The Morgan fingerprint density at radius 3 is 2.83 bits per heavy atom. The van der Waals surface area contributed by atoms with E-state index in [1.54, 1.807) is 19.1 Å². The van der Waals surface area contributed by atoms with Gasteiger partial charge in [0.25, 0.3) is 5.91 Å². The molecule has 1 atom stereocenters. The zero-order valence-corrected chi connectivity index (χ0v) is 20.0. The van der Waals surface area contributed by atoms with Gasteiger partial charge in [-0.15, -0.1) is 0 Å². The van der Waals surface area contributed by atoms with Gasteiger partial charge in [0.2, 0.25) is 0 Å². The second kappa shape index (κ2) is 10.8. The van der Waals surface area contributed by atoms with E-state index in [0.29, 0.717) is 36.5 Å². The molecule has 0 bridgehead atoms. The van der Waals surface area contributed by atoms with Crippen LogP contribution < -0.4 is 20.3 Å². The van der Waals surface area contributed by atoms with Gasteiger partial charge >= 0.3 is 0 Å². The topological polar surface area (TPSA) is 99.6 Å². The van der Waals surface area contributed by atoms with Gasteiger partial charge in [-0.05, 0) is 36.8 Å². The third-order valence-corrected chi connectivity index (χ3v) is 5.92. The number of carbonyl (C=O) groups is 1. The van der Waals surface area contributed by atoms with E-state index < -0.39 is 17.5 Å². The number of aliphatic hydroxyl groups excluding tert-OH is 1. The zero-order valence-electron chi connectivity index (χ0n) is 20.0. The van der Waals surface area contributed by atoms with Crippen molar-refractivity contribution in [1.82, 2.24) is 15.3 Å². The van der Waals surface area contributed by atoms with Crippen LogP contribution in [0.1, 0.15) is 23.0 Å². The number of rotatable bonds is 7. The van der Waals surface area contributed by atoms with Crippen molar-refractivity contribution < 1.29 is 23.4 Å². The highest BCUT2D eigenvalue weighted by Crippen LogP contribution is 2.33. The van der Waals surface area contributed by atoms with Gasteiger partial charge in [-0.25, -0.2) is 18.7 Å². The molecule has 0 saturated carbocycles. The first-order valence-electron chi connectivity index (χ1n) is 11.4. The van der Waals surface area contributed by atoms with Crippen LogP contribution in [0.2, 0.25) is 0 Å². The number of hydrogen-bond acceptors (Lipinski definition) is 7. The second-order valence-electron chi connectivity index (χ2n) is 8.45. The molecule has 4 rings (SSSR count). The second-order valence-corrected chi connectivity index (χ2v) is 8.45. The summed E-state index contributed by atoms with van der Waals surface area (Å²) in [4.78, 5) is 23.5. The Kier molecular flexibility index (Phi) is 7.56. The van der Waals surface area contributed by atoms with Crippen molar-refractivity contribution in [3.05, 3.63) is 72.1 Å². The Morgan fingerprint density at radius 2 is 2.11 bits per heavy atom. The van der Waals surface area contributed by atoms with E-state index in [1.807, 2.05) is 4.90 Å². The number of aliphatic hydroxyl groups is 1. The minimum absolute atomic E-state index is 0.0190. The maximum absolute atomic E-state index is 14.9. The van der Waals surface area contributed by atoms with Gasteiger partial charge in [0, 0.05) is 43.5 Å². The Bertz CT molecular complexity index is 1300. The minimum Gasteiger partial charge on any atom is -0.496 e. The molecule has 1 aliphatic rings. The van der Waals surface area contributed by atoms with E-state index in [9.17, 15) is 18.7 Å². The molecule has 0 aliphatic carbocycles. The number of hydrogen-bond donors (Lipinski definition) is 3. The van der Waals surface area contributed by atoms with Crippen molar-refractivity contribution in [3.63, 3.8) is 0 Å². The molecular weight excluding hydrogens is 468 g/mol. The molecule has 10 heteroatoms. The van der Waals surface area contributed by atoms with E-state index in [2.05, 4.69) is 27.2 Å². The normalized spacial score (nSPS) is 15.5. The van der Waals surface area contributed by atoms with Crippen LogP contribution in [0.15, 0.2) is 49.2 Å². The lowest BCUT2D eigenvalue weighted by Gasteiger charge is -2.36. The quantitative estimate of drug-likeness (QED) is 0.462. The van der Waals surface area contributed by atoms with Gasteiger partial charge in [-0.1, -0.05) is 12.6 Å². The molecule has 36 heavy (non-hydrogen) atoms. The molecule has 2 heterocycles. The summed E-state index contributed by atoms with van der Waals surface area (Å²) >= 11 is 0. The molecule has 8 nitrogen and oxygen atoms in total. The molecule has 3 aromatic rings. The number of methoxy groups -OCH3 is 1. The summed E-state index contributed by atoms with van der Waals surface area (Å²) in [6.45, 7) is 7.15. The van der Waals surface area contributed by atoms with E-state index in [1.165, 1.54) is 37.6 Å². The monoisotopic (exact) mass is 495 g/mol. The van der Waals surface area contributed by atoms with E-state index in [-0.39, 0.29) is 41.2 Å². The first-order valence-corrected chi connectivity index (χ1v) is 11.4. The first-order chi connectivity index (χ1) is 17.3. The summed E-state index contributed by atoms with van der Waals surface area (Å²) in [6, 6.07) is 8.42. The van der Waals surface area contributed by atoms with E-state index in [0.717, 1.165) is 0 Å². The number of halogens is 2. The fourth-order valence-electron chi connectivity index (χ4n) is 4.10. The van der Waals surface area contributed by atoms with Gasteiger partial charge in [-0.2, -0.15) is 0 Å². The van der Waals surface area contributed by atoms with Crippen molar-refractivity contribution in [2.75, 3.05) is 43.6 Å². The van der Waals surface area contributed by atoms with Gasteiger partial charge in [0.05, 0.1) is 30.7 Å². The third kappa shape index (κ3) is 5.19. The molecule has 3 N–H and O–H groups in total. The number of benzene rings is 2. The van der Waals surface area contributed by atoms with Crippen molar-refractivity contribution in [2.24, 2.45) is 0 Å². The number of anilines is 2. The number of aromatic nitrogens is 2. The molecule has 0 spiro atoms. The van der Waals surface area contributed by atoms with Crippen LogP contribution in [-0.4, -0.2) is 60.4 Å². The lowest BCUT2D eigenvalue weighted by atomic mass is 10.0. The van der Waals surface area contributed by atoms with Crippen molar-refractivity contribution in [3.8, 4) is 17.1 Å². The SMILES string of the molecule is C=C(C)c1cc(N2CCN[C@H](CO)C2)c(NC(=O)c2ccnc(-c3c(F)cccc3OC)n2)cc1F. The van der Waals surface area contributed by atoms with Crippen LogP contribution in [0.5, 0.6) is 5.75 Å². The molecule has 1 aliphatic heterocycles. The van der Waals surface area contributed by atoms with Crippen LogP contribution >= 0.6 is 0 Å². The van der Waals surface area contributed by atoms with Gasteiger partial charge in [-0.3, -0.25) is 4.79 Å². The molecule has 188 valence electrons. The summed E-state index contributed by atoms with van der Waals surface area (Å²) in [5.41, 5.74) is 1.70. The fraction of sp³-hybridized carbons (Fsp3) is 0.269. The summed E-state index contributed by atoms with van der Waals surface area (Å²) in [6.07, 6.45) is 1.34. The van der Waals surface area contributed by atoms with Gasteiger partial charge in [0.15, 0.2) is 5.82 Å². The molecule has 1 saturated heterocycles. The lowest BCUT2D eigenvalue weighted by Crippen LogP contribution is -2.52. The Balaban J connectivity index is 1.69. The summed E-state index contributed by atoms with van der Waals surface area (Å²) in [5, 5.41) is 15.5. The number of nitrogens with one attached hydrogen (secondary N) is 2. The number of amides is 1. The predicted molar refractivity (Wildman–Crippen MR) is 134 cm³/mol. The third-order valence-electron chi connectivity index (χ3n) is 5.92. The molecule has 1 amide bonds. The number of piperazine rings is 1. The average molecular weight is 496 g/mol. The number of nitrogens with zero attached hydrogens (tertiary/aromatic N) is 3.